The maximum Gasteiger partial charge on any atom is 0.220 e. The predicted molar refractivity (Wildman–Crippen MR) is 114 cm³/mol. The Kier molecular flexibility index (Phi) is 5.09. The second-order valence-corrected chi connectivity index (χ2v) is 8.23. The third kappa shape index (κ3) is 3.50. The van der Waals surface area contributed by atoms with E-state index in [9.17, 15) is 5.11 Å². The quantitative estimate of drug-likeness (QED) is 0.518. The van der Waals surface area contributed by atoms with Crippen molar-refractivity contribution >= 4 is 23.2 Å². The van der Waals surface area contributed by atoms with Crippen LogP contribution >= 0.6 is 23.2 Å². The van der Waals surface area contributed by atoms with Crippen LogP contribution in [0.15, 0.2) is 54.6 Å². The highest BCUT2D eigenvalue weighted by Gasteiger charge is 2.37. The van der Waals surface area contributed by atoms with Gasteiger partial charge in [0.05, 0.1) is 11.8 Å². The van der Waals surface area contributed by atoms with E-state index in [2.05, 4.69) is 6.92 Å². The minimum Gasteiger partial charge on any atom is -0.471 e. The van der Waals surface area contributed by atoms with Crippen molar-refractivity contribution in [2.24, 2.45) is 0 Å². The monoisotopic (exact) mass is 413 g/mol. The van der Waals surface area contributed by atoms with Crippen LogP contribution in [0.5, 0.6) is 5.88 Å². The van der Waals surface area contributed by atoms with Crippen LogP contribution in [0.4, 0.5) is 0 Å². The summed E-state index contributed by atoms with van der Waals surface area (Å²) >= 11 is 12.6. The summed E-state index contributed by atoms with van der Waals surface area (Å²) in [6.45, 7) is 4.05. The average molecular weight is 414 g/mol. The van der Waals surface area contributed by atoms with Gasteiger partial charge in [-0.3, -0.25) is 0 Å². The summed E-state index contributed by atoms with van der Waals surface area (Å²) in [6.07, 6.45) is 0.683. The molecule has 0 aliphatic carbocycles. The van der Waals surface area contributed by atoms with E-state index in [1.807, 2.05) is 61.5 Å². The topological polar surface area (TPSA) is 42.4 Å². The fourth-order valence-electron chi connectivity index (χ4n) is 3.55. The molecule has 2 heterocycles. The van der Waals surface area contributed by atoms with Gasteiger partial charge in [0.1, 0.15) is 5.60 Å². The summed E-state index contributed by atoms with van der Waals surface area (Å²) in [5.74, 6) is 0.468. The highest BCUT2D eigenvalue weighted by molar-refractivity contribution is 6.33. The van der Waals surface area contributed by atoms with Gasteiger partial charge < -0.3 is 9.84 Å². The summed E-state index contributed by atoms with van der Waals surface area (Å²) in [4.78, 5) is 4.84. The third-order valence-corrected chi connectivity index (χ3v) is 5.96. The molecule has 5 heteroatoms. The van der Waals surface area contributed by atoms with Gasteiger partial charge >= 0.3 is 0 Å². The van der Waals surface area contributed by atoms with Crippen molar-refractivity contribution in [2.45, 2.75) is 38.4 Å². The van der Waals surface area contributed by atoms with E-state index in [0.717, 1.165) is 28.8 Å². The van der Waals surface area contributed by atoms with E-state index in [1.165, 1.54) is 0 Å². The summed E-state index contributed by atoms with van der Waals surface area (Å²) in [5, 5.41) is 12.1. The Bertz CT molecular complexity index is 1020. The first-order valence-corrected chi connectivity index (χ1v) is 10.1. The van der Waals surface area contributed by atoms with Crippen LogP contribution in [-0.4, -0.2) is 15.7 Å². The average Bonchev–Trinajstić information content (AvgIpc) is 2.68. The molecule has 0 spiro atoms. The van der Waals surface area contributed by atoms with Crippen LogP contribution < -0.4 is 4.74 Å². The molecular formula is C23H21Cl2NO2. The number of pyridine rings is 1. The van der Waals surface area contributed by atoms with E-state index in [0.29, 0.717) is 27.9 Å². The zero-order valence-corrected chi connectivity index (χ0v) is 17.3. The molecule has 0 saturated heterocycles. The van der Waals surface area contributed by atoms with Crippen LogP contribution in [0, 0.1) is 0 Å². The molecule has 2 atom stereocenters. The lowest BCUT2D eigenvalue weighted by Crippen LogP contribution is -2.38. The van der Waals surface area contributed by atoms with Gasteiger partial charge in [-0.15, -0.1) is 0 Å². The standard InChI is InChI=1S/C23H21Cl2NO2/c1-3-23(2)13-20(27)18-12-17(14-8-10-15(24)11-9-14)21(26-22(18)28-23)16-6-4-5-7-19(16)25/h4-12,20,27H,3,13H2,1-2H3. The minimum absolute atomic E-state index is 0.445. The number of aliphatic hydroxyl groups is 1. The van der Waals surface area contributed by atoms with Gasteiger partial charge in [-0.25, -0.2) is 4.98 Å². The summed E-state index contributed by atoms with van der Waals surface area (Å²) in [6, 6.07) is 17.1. The van der Waals surface area contributed by atoms with E-state index in [1.54, 1.807) is 0 Å². The van der Waals surface area contributed by atoms with E-state index in [4.69, 9.17) is 32.9 Å². The molecule has 0 saturated carbocycles. The number of fused-ring (bicyclic) bond motifs is 1. The van der Waals surface area contributed by atoms with Crippen LogP contribution in [-0.2, 0) is 0 Å². The number of ether oxygens (including phenoxy) is 1. The van der Waals surface area contributed by atoms with Gasteiger partial charge in [0.25, 0.3) is 0 Å². The molecule has 0 amide bonds. The molecule has 1 N–H and O–H groups in total. The molecule has 0 bridgehead atoms. The van der Waals surface area contributed by atoms with Crippen molar-refractivity contribution in [3.8, 4) is 28.3 Å². The van der Waals surface area contributed by atoms with Crippen LogP contribution in [0.1, 0.15) is 38.4 Å². The lowest BCUT2D eigenvalue weighted by Gasteiger charge is -2.37. The summed E-state index contributed by atoms with van der Waals surface area (Å²) in [5.41, 5.74) is 3.63. The van der Waals surface area contributed by atoms with Crippen molar-refractivity contribution in [1.82, 2.24) is 4.98 Å². The third-order valence-electron chi connectivity index (χ3n) is 5.37. The number of benzene rings is 2. The number of aromatic nitrogens is 1. The highest BCUT2D eigenvalue weighted by atomic mass is 35.5. The Hall–Kier alpha value is -2.07. The number of hydrogen-bond donors (Lipinski definition) is 1. The number of rotatable bonds is 3. The Labute approximate surface area is 174 Å². The van der Waals surface area contributed by atoms with Crippen molar-refractivity contribution in [3.05, 3.63) is 70.2 Å². The Morgan fingerprint density at radius 2 is 1.82 bits per heavy atom. The zero-order valence-electron chi connectivity index (χ0n) is 15.7. The van der Waals surface area contributed by atoms with Gasteiger partial charge in [-0.2, -0.15) is 0 Å². The van der Waals surface area contributed by atoms with Crippen LogP contribution in [0.2, 0.25) is 10.0 Å². The van der Waals surface area contributed by atoms with Gasteiger partial charge in [-0.1, -0.05) is 60.5 Å². The normalized spacial score (nSPS) is 21.1. The Morgan fingerprint density at radius 3 is 2.50 bits per heavy atom. The molecule has 144 valence electrons. The fraction of sp³-hybridized carbons (Fsp3) is 0.261. The molecule has 28 heavy (non-hydrogen) atoms. The first-order chi connectivity index (χ1) is 13.4. The van der Waals surface area contributed by atoms with E-state index < -0.39 is 11.7 Å². The first kappa shape index (κ1) is 19.3. The molecule has 1 aliphatic rings. The largest absolute Gasteiger partial charge is 0.471 e. The predicted octanol–water partition coefficient (Wildman–Crippen LogP) is 6.71. The van der Waals surface area contributed by atoms with Crippen molar-refractivity contribution in [2.75, 3.05) is 0 Å². The molecule has 1 aliphatic heterocycles. The van der Waals surface area contributed by atoms with Gasteiger partial charge in [0, 0.05) is 33.2 Å². The molecule has 2 aromatic carbocycles. The molecule has 0 fully saturated rings. The van der Waals surface area contributed by atoms with E-state index >= 15 is 0 Å². The number of aliphatic hydroxyl groups excluding tert-OH is 1. The molecule has 2 unspecified atom stereocenters. The molecule has 1 aromatic heterocycles. The lowest BCUT2D eigenvalue weighted by molar-refractivity contribution is -0.00769. The zero-order chi connectivity index (χ0) is 19.9. The van der Waals surface area contributed by atoms with Crippen molar-refractivity contribution in [1.29, 1.82) is 0 Å². The SMILES string of the molecule is CCC1(C)CC(O)c2cc(-c3ccc(Cl)cc3)c(-c3ccccc3Cl)nc2O1. The molecule has 3 nitrogen and oxygen atoms in total. The smallest absolute Gasteiger partial charge is 0.220 e. The number of nitrogens with zero attached hydrogens (tertiary/aromatic N) is 1. The van der Waals surface area contributed by atoms with E-state index in [-0.39, 0.29) is 0 Å². The second-order valence-electron chi connectivity index (χ2n) is 7.39. The lowest BCUT2D eigenvalue weighted by atomic mass is 9.87. The Morgan fingerprint density at radius 1 is 1.11 bits per heavy atom. The van der Waals surface area contributed by atoms with Gasteiger partial charge in [0.2, 0.25) is 5.88 Å². The fourth-order valence-corrected chi connectivity index (χ4v) is 3.90. The van der Waals surface area contributed by atoms with Crippen molar-refractivity contribution in [3.63, 3.8) is 0 Å². The molecule has 0 radical (unpaired) electrons. The Balaban J connectivity index is 1.96. The first-order valence-electron chi connectivity index (χ1n) is 9.33. The number of hydrogen-bond acceptors (Lipinski definition) is 3. The maximum absolute atomic E-state index is 10.8. The summed E-state index contributed by atoms with van der Waals surface area (Å²) in [7, 11) is 0. The maximum atomic E-state index is 10.8. The minimum atomic E-state index is -0.632. The van der Waals surface area contributed by atoms with Crippen LogP contribution in [0.25, 0.3) is 22.4 Å². The molecule has 3 aromatic rings. The highest BCUT2D eigenvalue weighted by Crippen LogP contribution is 2.45. The van der Waals surface area contributed by atoms with Gasteiger partial charge in [-0.05, 0) is 43.2 Å². The molecule has 4 rings (SSSR count). The molecular weight excluding hydrogens is 393 g/mol. The number of halogens is 2. The summed E-state index contributed by atoms with van der Waals surface area (Å²) < 4.78 is 6.22. The van der Waals surface area contributed by atoms with Crippen LogP contribution in [0.3, 0.4) is 0 Å². The second kappa shape index (κ2) is 7.40. The van der Waals surface area contributed by atoms with Gasteiger partial charge in [0.15, 0.2) is 0 Å². The van der Waals surface area contributed by atoms with Crippen molar-refractivity contribution < 1.29 is 9.84 Å².